The van der Waals surface area contributed by atoms with Crippen LogP contribution in [0.15, 0.2) is 58.1 Å². The fourth-order valence-electron chi connectivity index (χ4n) is 7.01. The molecule has 2 amide bonds. The van der Waals surface area contributed by atoms with Gasteiger partial charge in [-0.05, 0) is 23.6 Å². The normalized spacial score (nSPS) is 20.8. The van der Waals surface area contributed by atoms with Gasteiger partial charge in [-0.3, -0.25) is 24.5 Å². The van der Waals surface area contributed by atoms with Crippen LogP contribution in [0.4, 0.5) is 28.9 Å². The fraction of sp³-hybridized carbons (Fsp3) is 0.312. The Morgan fingerprint density at radius 1 is 0.885 bits per heavy atom. The zero-order chi connectivity index (χ0) is 35.9. The summed E-state index contributed by atoms with van der Waals surface area (Å²) in [4.78, 5) is 44.9. The van der Waals surface area contributed by atoms with Crippen molar-refractivity contribution in [2.24, 2.45) is 0 Å². The van der Waals surface area contributed by atoms with Crippen molar-refractivity contribution in [1.29, 1.82) is 0 Å². The first-order valence-corrected chi connectivity index (χ1v) is 17.5. The molecule has 14 nitrogen and oxygen atoms in total. The van der Waals surface area contributed by atoms with E-state index in [1.54, 1.807) is 46.9 Å². The number of aromatic nitrogens is 8. The minimum Gasteiger partial charge on any atom is -0.414 e. The lowest BCUT2D eigenvalue weighted by Crippen LogP contribution is -2.44. The van der Waals surface area contributed by atoms with Crippen molar-refractivity contribution in [3.63, 3.8) is 0 Å². The molecule has 3 aliphatic rings. The summed E-state index contributed by atoms with van der Waals surface area (Å²) < 4.78 is 65.1. The van der Waals surface area contributed by atoms with E-state index in [0.29, 0.717) is 37.6 Å². The minimum atomic E-state index is -2.96. The predicted molar refractivity (Wildman–Crippen MR) is 172 cm³/mol. The zero-order valence-electron chi connectivity index (χ0n) is 26.7. The van der Waals surface area contributed by atoms with Crippen molar-refractivity contribution in [3.05, 3.63) is 82.2 Å². The van der Waals surface area contributed by atoms with Crippen molar-refractivity contribution < 1.29 is 40.6 Å². The number of halogens is 4. The van der Waals surface area contributed by atoms with Gasteiger partial charge in [-0.1, -0.05) is 18.3 Å². The van der Waals surface area contributed by atoms with E-state index in [9.17, 15) is 27.2 Å². The molecule has 1 aliphatic carbocycles. The van der Waals surface area contributed by atoms with Gasteiger partial charge in [-0.2, -0.15) is 22.1 Å². The molecule has 2 aliphatic heterocycles. The first-order valence-electron chi connectivity index (χ1n) is 15.9. The summed E-state index contributed by atoms with van der Waals surface area (Å²) in [7, 11) is 0. The third-order valence-corrected chi connectivity index (χ3v) is 11.5. The number of pyridine rings is 2. The van der Waals surface area contributed by atoms with Gasteiger partial charge < -0.3 is 13.7 Å². The molecule has 0 radical (unpaired) electrons. The van der Waals surface area contributed by atoms with Crippen molar-refractivity contribution >= 4 is 45.9 Å². The van der Waals surface area contributed by atoms with E-state index in [2.05, 4.69) is 35.3 Å². The molecule has 1 fully saturated rings. The average Bonchev–Trinajstić information content (AvgIpc) is 3.77. The number of fused-ring (bicyclic) bond motifs is 3. The summed E-state index contributed by atoms with van der Waals surface area (Å²) in [6.45, 7) is 2.15. The topological polar surface area (TPSA) is 161 Å². The van der Waals surface area contributed by atoms with Crippen LogP contribution < -0.4 is 14.4 Å². The minimum absolute atomic E-state index is 0.00567. The summed E-state index contributed by atoms with van der Waals surface area (Å²) in [5.41, 5.74) is 1.96. The number of nitrogens with zero attached hydrogens (tertiary/aromatic N) is 10. The second kappa shape index (κ2) is 12.0. The molecule has 0 bridgehead atoms. The maximum Gasteiger partial charge on any atom is 0.314 e. The molecule has 2 unspecified atom stereocenters. The third-order valence-electron chi connectivity index (χ3n) is 9.48. The summed E-state index contributed by atoms with van der Waals surface area (Å²) in [5.74, 6) is -2.16. The maximum absolute atomic E-state index is 14.5. The van der Waals surface area contributed by atoms with E-state index >= 15 is 0 Å². The highest BCUT2D eigenvalue weighted by Gasteiger charge is 2.73. The molecule has 6 aromatic heterocycles. The van der Waals surface area contributed by atoms with E-state index in [4.69, 9.17) is 8.83 Å². The molecular formula is C32H23F4N10O4S2+. The van der Waals surface area contributed by atoms with Crippen LogP contribution in [0, 0.1) is 0 Å². The number of rotatable bonds is 9. The van der Waals surface area contributed by atoms with E-state index in [0.717, 1.165) is 22.5 Å². The van der Waals surface area contributed by atoms with Gasteiger partial charge in [0.25, 0.3) is 28.6 Å². The number of hydrogen-bond donors (Lipinski definition) is 0. The number of anilines is 2. The number of hydrogen-bond acceptors (Lipinski definition) is 13. The smallest absolute Gasteiger partial charge is 0.314 e. The first-order chi connectivity index (χ1) is 25.1. The molecule has 6 aromatic rings. The molecule has 0 N–H and O–H groups in total. The number of alkyl halides is 4. The Hall–Kier alpha value is -5.50. The molecule has 1 spiro atoms. The Bertz CT molecular complexity index is 2380. The summed E-state index contributed by atoms with van der Waals surface area (Å²) in [5, 5.41) is 15.5. The van der Waals surface area contributed by atoms with Crippen LogP contribution in [-0.2, 0) is 28.1 Å². The lowest BCUT2D eigenvalue weighted by molar-refractivity contribution is -0.704. The Balaban J connectivity index is 1.07. The summed E-state index contributed by atoms with van der Waals surface area (Å²) in [6.07, 6.45) is 4.47. The molecule has 1 saturated carbocycles. The summed E-state index contributed by atoms with van der Waals surface area (Å²) >= 11 is 2.33. The highest BCUT2D eigenvalue weighted by atomic mass is 32.1. The Kier molecular flexibility index (Phi) is 7.51. The highest BCUT2D eigenvalue weighted by Crippen LogP contribution is 2.62. The van der Waals surface area contributed by atoms with Gasteiger partial charge in [0, 0.05) is 30.8 Å². The van der Waals surface area contributed by atoms with E-state index in [-0.39, 0.29) is 49.0 Å². The standard InChI is InChI=1S/C32H23F4N10O4S2/c1-14-6-23(47)44(17-8-37-4-2-15(14)17)13-24-46(11-20(52-24)28-41-43-30(50-28)26(35)36)21-7-32(21)16-3-5-38-9-18(16)45(31(32)48)12-22-39-10-19(51-22)27-40-42-29(49-27)25(33)34/h2-5,8-11,14,21,25-26H,6-7,12-13H2,1H3/q+1/t14-,21?,32?/m1/s1. The van der Waals surface area contributed by atoms with Gasteiger partial charge in [-0.15, -0.1) is 31.7 Å². The quantitative estimate of drug-likeness (QED) is 0.131. The highest BCUT2D eigenvalue weighted by molar-refractivity contribution is 7.15. The van der Waals surface area contributed by atoms with Crippen LogP contribution in [0.3, 0.4) is 0 Å². The van der Waals surface area contributed by atoms with Gasteiger partial charge in [0.05, 0.1) is 36.5 Å². The zero-order valence-corrected chi connectivity index (χ0v) is 28.3. The molecule has 0 saturated heterocycles. The van der Waals surface area contributed by atoms with Crippen LogP contribution >= 0.6 is 22.7 Å². The van der Waals surface area contributed by atoms with Gasteiger partial charge in [0.2, 0.25) is 11.8 Å². The van der Waals surface area contributed by atoms with Crippen molar-refractivity contribution in [2.45, 2.75) is 63.1 Å². The van der Waals surface area contributed by atoms with Crippen LogP contribution in [0.25, 0.3) is 21.5 Å². The van der Waals surface area contributed by atoms with Crippen LogP contribution in [0.5, 0.6) is 0 Å². The van der Waals surface area contributed by atoms with E-state index in [1.807, 2.05) is 17.6 Å². The van der Waals surface area contributed by atoms with Crippen molar-refractivity contribution in [1.82, 2.24) is 35.3 Å². The van der Waals surface area contributed by atoms with E-state index < -0.39 is 36.1 Å². The monoisotopic (exact) mass is 751 g/mol. The SMILES string of the molecule is C[C@@H]1CC(=O)N(Cc2sc(-c3nnc(C(F)F)o3)c[n+]2C2CC23C(=O)N(Cc2ncc(-c4nnc(C(F)F)o4)s2)c2cnccc23)c2cnccc21. The molecule has 8 heterocycles. The average molecular weight is 752 g/mol. The van der Waals surface area contributed by atoms with Gasteiger partial charge in [-0.25, -0.2) is 4.98 Å². The van der Waals surface area contributed by atoms with Crippen molar-refractivity contribution in [2.75, 3.05) is 9.80 Å². The Morgan fingerprint density at radius 2 is 1.58 bits per heavy atom. The molecular weight excluding hydrogens is 729 g/mol. The molecule has 20 heteroatoms. The largest absolute Gasteiger partial charge is 0.414 e. The van der Waals surface area contributed by atoms with Crippen LogP contribution in [-0.4, -0.2) is 47.2 Å². The Morgan fingerprint density at radius 3 is 2.29 bits per heavy atom. The Labute approximate surface area is 297 Å². The lowest BCUT2D eigenvalue weighted by atomic mass is 9.92. The van der Waals surface area contributed by atoms with Gasteiger partial charge >= 0.3 is 12.9 Å². The number of thiazole rings is 2. The number of carbonyl (C=O) groups excluding carboxylic acids is 2. The molecule has 9 rings (SSSR count). The van der Waals surface area contributed by atoms with Gasteiger partial charge in [0.1, 0.15) is 21.8 Å². The lowest BCUT2D eigenvalue weighted by Gasteiger charge is -2.31. The van der Waals surface area contributed by atoms with Crippen LogP contribution in [0.2, 0.25) is 0 Å². The molecule has 3 atom stereocenters. The fourth-order valence-corrected chi connectivity index (χ4v) is 8.91. The molecule has 0 aromatic carbocycles. The second-order valence-electron chi connectivity index (χ2n) is 12.5. The third kappa shape index (κ3) is 5.10. The first kappa shape index (κ1) is 32.4. The van der Waals surface area contributed by atoms with E-state index in [1.165, 1.54) is 17.5 Å². The van der Waals surface area contributed by atoms with Crippen molar-refractivity contribution in [3.8, 4) is 21.5 Å². The van der Waals surface area contributed by atoms with Crippen LogP contribution in [0.1, 0.15) is 77.5 Å². The molecule has 264 valence electrons. The second-order valence-corrected chi connectivity index (χ2v) is 14.7. The predicted octanol–water partition coefficient (Wildman–Crippen LogP) is 5.73. The van der Waals surface area contributed by atoms with Gasteiger partial charge in [0.15, 0.2) is 17.1 Å². The number of amides is 2. The maximum atomic E-state index is 14.5. The number of carbonyl (C=O) groups is 2. The summed E-state index contributed by atoms with van der Waals surface area (Å²) in [6, 6.07) is 3.25. The molecule has 52 heavy (non-hydrogen) atoms.